The number of phenols is 1. The highest BCUT2D eigenvalue weighted by molar-refractivity contribution is 6.06. The second kappa shape index (κ2) is 9.82. The van der Waals surface area contributed by atoms with E-state index in [1.807, 2.05) is 6.92 Å². The molecule has 1 aromatic carbocycles. The van der Waals surface area contributed by atoms with E-state index in [0.29, 0.717) is 30.6 Å². The van der Waals surface area contributed by atoms with Crippen molar-refractivity contribution in [1.29, 1.82) is 0 Å². The van der Waals surface area contributed by atoms with Crippen LogP contribution in [0.5, 0.6) is 5.75 Å². The van der Waals surface area contributed by atoms with Crippen molar-refractivity contribution in [3.8, 4) is 5.75 Å². The van der Waals surface area contributed by atoms with Crippen LogP contribution in [0.15, 0.2) is 18.2 Å². The maximum Gasteiger partial charge on any atom is 0.408 e. The Morgan fingerprint density at radius 1 is 1.27 bits per heavy atom. The Labute approximate surface area is 178 Å². The Bertz CT molecular complexity index is 787. The van der Waals surface area contributed by atoms with Crippen molar-refractivity contribution in [2.45, 2.75) is 78.0 Å². The van der Waals surface area contributed by atoms with Crippen molar-refractivity contribution >= 4 is 23.6 Å². The Kier molecular flexibility index (Phi) is 7.70. The van der Waals surface area contributed by atoms with E-state index >= 15 is 0 Å². The molecule has 0 aromatic heterocycles. The molecule has 0 saturated carbocycles. The second-order valence-corrected chi connectivity index (χ2v) is 8.49. The molecular weight excluding hydrogens is 386 g/mol. The molecule has 1 aromatic rings. The summed E-state index contributed by atoms with van der Waals surface area (Å²) in [5, 5.41) is 15.3. The lowest BCUT2D eigenvalue weighted by atomic mass is 10.1. The summed E-state index contributed by atoms with van der Waals surface area (Å²) in [5.74, 6) is -0.560. The van der Waals surface area contributed by atoms with Crippen molar-refractivity contribution in [3.05, 3.63) is 23.8 Å². The number of carbonyl (C=O) groups is 3. The molecule has 2 atom stereocenters. The molecule has 0 fully saturated rings. The van der Waals surface area contributed by atoms with E-state index in [1.165, 1.54) is 11.0 Å². The Balaban J connectivity index is 2.26. The van der Waals surface area contributed by atoms with E-state index in [2.05, 4.69) is 10.6 Å². The van der Waals surface area contributed by atoms with Crippen LogP contribution in [0.25, 0.3) is 0 Å². The third-order valence-corrected chi connectivity index (χ3v) is 4.81. The maximum absolute atomic E-state index is 13.4. The molecule has 0 radical (unpaired) electrons. The van der Waals surface area contributed by atoms with Gasteiger partial charge < -0.3 is 20.5 Å². The topological polar surface area (TPSA) is 108 Å². The highest BCUT2D eigenvalue weighted by atomic mass is 16.6. The summed E-state index contributed by atoms with van der Waals surface area (Å²) in [4.78, 5) is 39.9. The Hall–Kier alpha value is -2.77. The number of amides is 3. The van der Waals surface area contributed by atoms with E-state index in [0.717, 1.165) is 12.8 Å². The van der Waals surface area contributed by atoms with Gasteiger partial charge in [-0.3, -0.25) is 14.5 Å². The highest BCUT2D eigenvalue weighted by Gasteiger charge is 2.41. The number of aromatic hydroxyl groups is 1. The fourth-order valence-electron chi connectivity index (χ4n) is 3.38. The molecule has 0 aliphatic carbocycles. The highest BCUT2D eigenvalue weighted by Crippen LogP contribution is 2.35. The molecular formula is C22H33N3O5. The quantitative estimate of drug-likeness (QED) is 0.589. The monoisotopic (exact) mass is 419 g/mol. The summed E-state index contributed by atoms with van der Waals surface area (Å²) in [6, 6.07) is 3.10. The van der Waals surface area contributed by atoms with E-state index in [-0.39, 0.29) is 17.6 Å². The number of carbonyl (C=O) groups excluding carboxylic acids is 3. The number of rotatable bonds is 7. The number of unbranched alkanes of at least 4 members (excludes halogenated alkanes) is 1. The van der Waals surface area contributed by atoms with E-state index in [9.17, 15) is 19.5 Å². The van der Waals surface area contributed by atoms with Gasteiger partial charge in [-0.25, -0.2) is 4.79 Å². The first-order valence-corrected chi connectivity index (χ1v) is 10.5. The first-order chi connectivity index (χ1) is 14.1. The van der Waals surface area contributed by atoms with Crippen molar-refractivity contribution in [2.75, 3.05) is 11.4 Å². The van der Waals surface area contributed by atoms with Gasteiger partial charge in [-0.1, -0.05) is 20.3 Å². The maximum atomic E-state index is 13.4. The van der Waals surface area contributed by atoms with Crippen molar-refractivity contribution in [2.24, 2.45) is 0 Å². The van der Waals surface area contributed by atoms with Gasteiger partial charge in [0.1, 0.15) is 23.4 Å². The average molecular weight is 420 g/mol. The van der Waals surface area contributed by atoms with Gasteiger partial charge in [-0.05, 0) is 57.4 Å². The molecule has 8 heteroatoms. The van der Waals surface area contributed by atoms with Crippen LogP contribution in [-0.4, -0.2) is 47.2 Å². The molecule has 3 N–H and O–H groups in total. The minimum atomic E-state index is -0.842. The molecule has 2 rings (SSSR count). The van der Waals surface area contributed by atoms with Gasteiger partial charge in [-0.15, -0.1) is 0 Å². The predicted molar refractivity (Wildman–Crippen MR) is 114 cm³/mol. The second-order valence-electron chi connectivity index (χ2n) is 8.49. The van der Waals surface area contributed by atoms with Crippen molar-refractivity contribution < 1.29 is 24.2 Å². The number of nitrogens with zero attached hydrogens (tertiary/aromatic N) is 1. The summed E-state index contributed by atoms with van der Waals surface area (Å²) in [5.41, 5.74) is 0.592. The van der Waals surface area contributed by atoms with Gasteiger partial charge in [0.15, 0.2) is 0 Å². The molecule has 0 bridgehead atoms. The lowest BCUT2D eigenvalue weighted by Crippen LogP contribution is -2.55. The van der Waals surface area contributed by atoms with Crippen LogP contribution >= 0.6 is 0 Å². The average Bonchev–Trinajstić information content (AvgIpc) is 3.02. The van der Waals surface area contributed by atoms with Gasteiger partial charge in [0, 0.05) is 18.7 Å². The predicted octanol–water partition coefficient (Wildman–Crippen LogP) is 2.87. The van der Waals surface area contributed by atoms with Crippen molar-refractivity contribution in [3.63, 3.8) is 0 Å². The minimum absolute atomic E-state index is 0.0760. The molecule has 1 heterocycles. The van der Waals surface area contributed by atoms with Gasteiger partial charge in [0.05, 0.1) is 0 Å². The van der Waals surface area contributed by atoms with E-state index < -0.39 is 23.8 Å². The normalized spacial score (nSPS) is 16.6. The lowest BCUT2D eigenvalue weighted by Gasteiger charge is -2.29. The van der Waals surface area contributed by atoms with Crippen LogP contribution in [0.2, 0.25) is 0 Å². The Morgan fingerprint density at radius 2 is 1.97 bits per heavy atom. The smallest absolute Gasteiger partial charge is 0.408 e. The van der Waals surface area contributed by atoms with Crippen LogP contribution in [0.1, 0.15) is 59.4 Å². The molecule has 0 saturated heterocycles. The largest absolute Gasteiger partial charge is 0.508 e. The molecule has 1 aliphatic rings. The standard InChI is InChI=1S/C22H33N3O5/c1-6-8-11-23-19(27)18-13-14-12-15(26)9-10-17(14)25(18)20(28)16(7-2)24-21(29)30-22(3,4)5/h9-10,12,16,18,26H,6-8,11,13H2,1-5H3,(H,23,27)(H,24,29)/t16-,18+/m0/s1. The number of ether oxygens (including phenoxy) is 1. The van der Waals surface area contributed by atoms with Crippen LogP contribution in [0.4, 0.5) is 10.5 Å². The fraction of sp³-hybridized carbons (Fsp3) is 0.591. The molecule has 1 aliphatic heterocycles. The third-order valence-electron chi connectivity index (χ3n) is 4.81. The molecule has 3 amide bonds. The van der Waals surface area contributed by atoms with Gasteiger partial charge in [0.25, 0.3) is 0 Å². The summed E-state index contributed by atoms with van der Waals surface area (Å²) in [7, 11) is 0. The summed E-state index contributed by atoms with van der Waals surface area (Å²) < 4.78 is 5.27. The van der Waals surface area contributed by atoms with Crippen LogP contribution in [0, 0.1) is 0 Å². The summed E-state index contributed by atoms with van der Waals surface area (Å²) in [6.45, 7) is 9.58. The fourth-order valence-corrected chi connectivity index (χ4v) is 3.38. The molecule has 0 spiro atoms. The minimum Gasteiger partial charge on any atom is -0.508 e. The third kappa shape index (κ3) is 5.87. The molecule has 30 heavy (non-hydrogen) atoms. The zero-order chi connectivity index (χ0) is 22.5. The zero-order valence-electron chi connectivity index (χ0n) is 18.4. The van der Waals surface area contributed by atoms with Gasteiger partial charge in [0.2, 0.25) is 11.8 Å². The van der Waals surface area contributed by atoms with Gasteiger partial charge >= 0.3 is 6.09 Å². The van der Waals surface area contributed by atoms with Crippen LogP contribution in [-0.2, 0) is 20.7 Å². The number of hydrogen-bond donors (Lipinski definition) is 3. The first-order valence-electron chi connectivity index (χ1n) is 10.5. The van der Waals surface area contributed by atoms with Crippen LogP contribution in [0.3, 0.4) is 0 Å². The number of hydrogen-bond acceptors (Lipinski definition) is 5. The first kappa shape index (κ1) is 23.5. The lowest BCUT2D eigenvalue weighted by molar-refractivity contribution is -0.127. The molecule has 166 valence electrons. The summed E-state index contributed by atoms with van der Waals surface area (Å²) in [6.07, 6.45) is 1.75. The molecule has 0 unspecified atom stereocenters. The number of fused-ring (bicyclic) bond motifs is 1. The number of phenolic OH excluding ortho intramolecular Hbond substituents is 1. The summed E-state index contributed by atoms with van der Waals surface area (Å²) >= 11 is 0. The number of alkyl carbamates (subject to hydrolysis) is 1. The number of nitrogens with one attached hydrogen (secondary N) is 2. The van der Waals surface area contributed by atoms with Crippen LogP contribution < -0.4 is 15.5 Å². The SMILES string of the molecule is CCCCNC(=O)[C@H]1Cc2cc(O)ccc2N1C(=O)[C@H](CC)NC(=O)OC(C)(C)C. The zero-order valence-corrected chi connectivity index (χ0v) is 18.4. The van der Waals surface area contributed by atoms with Crippen molar-refractivity contribution in [1.82, 2.24) is 10.6 Å². The van der Waals surface area contributed by atoms with E-state index in [4.69, 9.17) is 4.74 Å². The Morgan fingerprint density at radius 3 is 2.57 bits per heavy atom. The number of anilines is 1. The van der Waals surface area contributed by atoms with E-state index in [1.54, 1.807) is 39.8 Å². The van der Waals surface area contributed by atoms with Gasteiger partial charge in [-0.2, -0.15) is 0 Å². The number of benzene rings is 1. The molecule has 8 nitrogen and oxygen atoms in total.